The number of nitrogens with one attached hydrogen (secondary N) is 2. The van der Waals surface area contributed by atoms with Gasteiger partial charge in [-0.2, -0.15) is 10.2 Å². The molecule has 0 spiro atoms. The normalized spacial score (nSPS) is 15.8. The summed E-state index contributed by atoms with van der Waals surface area (Å²) in [6, 6.07) is 8.03. The summed E-state index contributed by atoms with van der Waals surface area (Å²) in [5, 5.41) is 16.7. The third kappa shape index (κ3) is 2.53. The van der Waals surface area contributed by atoms with Gasteiger partial charge in [-0.3, -0.25) is 10.2 Å². The standard InChI is InChI=1S/C18H17N5O2/c1-2-12-10-20-21-15(12)9-11(1)17-16-14(22-23-17)3-6-19-18(16)25-13-4-7-24-8-5-13/h1-3,6,9-10,13H,4-5,7-8H2,(H,20,21)(H,22,23). The molecular formula is C18H17N5O2. The van der Waals surface area contributed by atoms with Crippen molar-refractivity contribution in [2.75, 3.05) is 13.2 Å². The van der Waals surface area contributed by atoms with Crippen LogP contribution in [0.25, 0.3) is 33.1 Å². The zero-order chi connectivity index (χ0) is 16.6. The van der Waals surface area contributed by atoms with Gasteiger partial charge >= 0.3 is 0 Å². The number of H-pyrrole nitrogens is 2. The van der Waals surface area contributed by atoms with Crippen LogP contribution in [-0.4, -0.2) is 44.7 Å². The van der Waals surface area contributed by atoms with E-state index in [9.17, 15) is 0 Å². The first-order valence-electron chi connectivity index (χ1n) is 8.39. The Morgan fingerprint density at radius 2 is 2.00 bits per heavy atom. The van der Waals surface area contributed by atoms with Crippen LogP contribution >= 0.6 is 0 Å². The van der Waals surface area contributed by atoms with Crippen LogP contribution in [0.4, 0.5) is 0 Å². The second-order valence-corrected chi connectivity index (χ2v) is 6.21. The molecule has 25 heavy (non-hydrogen) atoms. The number of ether oxygens (including phenoxy) is 2. The zero-order valence-corrected chi connectivity index (χ0v) is 13.5. The Balaban J connectivity index is 1.60. The zero-order valence-electron chi connectivity index (χ0n) is 13.5. The van der Waals surface area contributed by atoms with Gasteiger partial charge in [-0.15, -0.1) is 0 Å². The topological polar surface area (TPSA) is 88.7 Å². The Morgan fingerprint density at radius 3 is 2.92 bits per heavy atom. The van der Waals surface area contributed by atoms with E-state index < -0.39 is 0 Å². The van der Waals surface area contributed by atoms with Gasteiger partial charge in [0.15, 0.2) is 0 Å². The van der Waals surface area contributed by atoms with Crippen LogP contribution in [-0.2, 0) is 4.74 Å². The van der Waals surface area contributed by atoms with Gasteiger partial charge in [0, 0.05) is 30.0 Å². The highest BCUT2D eigenvalue weighted by Gasteiger charge is 2.20. The van der Waals surface area contributed by atoms with E-state index in [2.05, 4.69) is 25.4 Å². The molecule has 0 amide bonds. The lowest BCUT2D eigenvalue weighted by molar-refractivity contribution is 0.0244. The average Bonchev–Trinajstić information content (AvgIpc) is 3.29. The molecule has 4 heterocycles. The minimum absolute atomic E-state index is 0.129. The SMILES string of the molecule is c1cc2[nH]nc(-c3ccc4cn[nH]c4c3)c2c(OC2CCOCC2)n1. The maximum absolute atomic E-state index is 6.19. The minimum Gasteiger partial charge on any atom is -0.474 e. The van der Waals surface area contributed by atoms with Crippen molar-refractivity contribution in [2.24, 2.45) is 0 Å². The molecule has 5 rings (SSSR count). The molecule has 1 aromatic carbocycles. The Labute approximate surface area is 143 Å². The molecule has 3 aromatic heterocycles. The Kier molecular flexibility index (Phi) is 3.38. The molecule has 1 saturated heterocycles. The second kappa shape index (κ2) is 5.86. The molecule has 0 atom stereocenters. The molecule has 1 fully saturated rings. The molecule has 1 aliphatic rings. The lowest BCUT2D eigenvalue weighted by Gasteiger charge is -2.23. The van der Waals surface area contributed by atoms with Gasteiger partial charge in [0.25, 0.3) is 0 Å². The number of rotatable bonds is 3. The summed E-state index contributed by atoms with van der Waals surface area (Å²) in [5.41, 5.74) is 3.72. The third-order valence-corrected chi connectivity index (χ3v) is 4.60. The molecule has 0 unspecified atom stereocenters. The molecule has 0 saturated carbocycles. The Bertz CT molecular complexity index is 1030. The van der Waals surface area contributed by atoms with E-state index in [1.807, 2.05) is 30.5 Å². The van der Waals surface area contributed by atoms with Crippen LogP contribution in [0.1, 0.15) is 12.8 Å². The largest absolute Gasteiger partial charge is 0.474 e. The summed E-state index contributed by atoms with van der Waals surface area (Å²) in [7, 11) is 0. The van der Waals surface area contributed by atoms with Crippen LogP contribution in [0.3, 0.4) is 0 Å². The van der Waals surface area contributed by atoms with E-state index in [1.165, 1.54) is 0 Å². The quantitative estimate of drug-likeness (QED) is 0.601. The van der Waals surface area contributed by atoms with Crippen molar-refractivity contribution < 1.29 is 9.47 Å². The first kappa shape index (κ1) is 14.4. The van der Waals surface area contributed by atoms with Crippen molar-refractivity contribution in [3.05, 3.63) is 36.7 Å². The highest BCUT2D eigenvalue weighted by Crippen LogP contribution is 2.34. The van der Waals surface area contributed by atoms with Crippen LogP contribution in [0, 0.1) is 0 Å². The molecule has 0 radical (unpaired) electrons. The summed E-state index contributed by atoms with van der Waals surface area (Å²) >= 11 is 0. The van der Waals surface area contributed by atoms with Crippen molar-refractivity contribution in [1.82, 2.24) is 25.4 Å². The average molecular weight is 335 g/mol. The van der Waals surface area contributed by atoms with Gasteiger partial charge in [-0.05, 0) is 12.1 Å². The van der Waals surface area contributed by atoms with E-state index in [0.29, 0.717) is 5.88 Å². The van der Waals surface area contributed by atoms with E-state index in [0.717, 1.165) is 59.1 Å². The van der Waals surface area contributed by atoms with E-state index >= 15 is 0 Å². The van der Waals surface area contributed by atoms with Crippen molar-refractivity contribution >= 4 is 21.8 Å². The fourth-order valence-corrected chi connectivity index (χ4v) is 3.27. The van der Waals surface area contributed by atoms with Gasteiger partial charge in [-0.25, -0.2) is 4.98 Å². The highest BCUT2D eigenvalue weighted by molar-refractivity contribution is 5.98. The maximum atomic E-state index is 6.19. The molecule has 0 bridgehead atoms. The molecule has 2 N–H and O–H groups in total. The van der Waals surface area contributed by atoms with Crippen LogP contribution in [0.15, 0.2) is 36.7 Å². The number of fused-ring (bicyclic) bond motifs is 2. The van der Waals surface area contributed by atoms with Gasteiger partial charge in [0.2, 0.25) is 5.88 Å². The van der Waals surface area contributed by atoms with Gasteiger partial charge in [-0.1, -0.05) is 12.1 Å². The maximum Gasteiger partial charge on any atom is 0.225 e. The molecule has 1 aliphatic heterocycles. The van der Waals surface area contributed by atoms with Crippen LogP contribution in [0.2, 0.25) is 0 Å². The molecule has 7 heteroatoms. The lowest BCUT2D eigenvalue weighted by atomic mass is 10.1. The van der Waals surface area contributed by atoms with Gasteiger partial charge in [0.1, 0.15) is 11.8 Å². The summed E-state index contributed by atoms with van der Waals surface area (Å²) in [6.07, 6.45) is 5.45. The predicted molar refractivity (Wildman–Crippen MR) is 93.4 cm³/mol. The number of nitrogens with zero attached hydrogens (tertiary/aromatic N) is 3. The predicted octanol–water partition coefficient (Wildman–Crippen LogP) is 3.06. The molecule has 126 valence electrons. The summed E-state index contributed by atoms with van der Waals surface area (Å²) in [4.78, 5) is 4.47. The van der Waals surface area contributed by atoms with E-state index in [4.69, 9.17) is 9.47 Å². The van der Waals surface area contributed by atoms with Crippen molar-refractivity contribution in [1.29, 1.82) is 0 Å². The minimum atomic E-state index is 0.129. The third-order valence-electron chi connectivity index (χ3n) is 4.60. The van der Waals surface area contributed by atoms with Crippen molar-refractivity contribution in [3.63, 3.8) is 0 Å². The summed E-state index contributed by atoms with van der Waals surface area (Å²) in [6.45, 7) is 1.46. The molecule has 4 aromatic rings. The van der Waals surface area contributed by atoms with Crippen molar-refractivity contribution in [3.8, 4) is 17.1 Å². The second-order valence-electron chi connectivity index (χ2n) is 6.21. The van der Waals surface area contributed by atoms with Crippen molar-refractivity contribution in [2.45, 2.75) is 18.9 Å². The number of hydrogen-bond donors (Lipinski definition) is 2. The monoisotopic (exact) mass is 335 g/mol. The number of hydrogen-bond acceptors (Lipinski definition) is 5. The molecular weight excluding hydrogens is 318 g/mol. The Hall–Kier alpha value is -2.93. The number of aromatic amines is 2. The van der Waals surface area contributed by atoms with Gasteiger partial charge < -0.3 is 9.47 Å². The number of aromatic nitrogens is 5. The summed E-state index contributed by atoms with van der Waals surface area (Å²) in [5.74, 6) is 0.623. The number of benzene rings is 1. The van der Waals surface area contributed by atoms with E-state index in [1.54, 1.807) is 6.20 Å². The fraction of sp³-hybridized carbons (Fsp3) is 0.278. The van der Waals surface area contributed by atoms with E-state index in [-0.39, 0.29) is 6.10 Å². The fourth-order valence-electron chi connectivity index (χ4n) is 3.27. The van der Waals surface area contributed by atoms with Crippen LogP contribution < -0.4 is 4.74 Å². The molecule has 0 aliphatic carbocycles. The highest BCUT2D eigenvalue weighted by atomic mass is 16.5. The Morgan fingerprint density at radius 1 is 1.08 bits per heavy atom. The smallest absolute Gasteiger partial charge is 0.225 e. The summed E-state index contributed by atoms with van der Waals surface area (Å²) < 4.78 is 11.6. The lowest BCUT2D eigenvalue weighted by Crippen LogP contribution is -2.26. The number of pyridine rings is 1. The first-order chi connectivity index (χ1) is 12.4. The first-order valence-corrected chi connectivity index (χ1v) is 8.39. The van der Waals surface area contributed by atoms with Crippen LogP contribution in [0.5, 0.6) is 5.88 Å². The van der Waals surface area contributed by atoms with Gasteiger partial charge in [0.05, 0.1) is 35.8 Å². The molecule has 7 nitrogen and oxygen atoms in total.